The lowest BCUT2D eigenvalue weighted by Gasteiger charge is -2.16. The number of hydrogen-bond acceptors (Lipinski definition) is 5. The van der Waals surface area contributed by atoms with Gasteiger partial charge in [-0.3, -0.25) is 9.59 Å². The molecule has 0 saturated heterocycles. The van der Waals surface area contributed by atoms with Crippen molar-refractivity contribution in [1.82, 2.24) is 0 Å². The van der Waals surface area contributed by atoms with Crippen LogP contribution in [-0.4, -0.2) is 31.2 Å². The van der Waals surface area contributed by atoms with Gasteiger partial charge < -0.3 is 15.2 Å². The molecule has 0 amide bonds. The molecule has 0 radical (unpaired) electrons. The molecule has 1 atom stereocenters. The fourth-order valence-electron chi connectivity index (χ4n) is 5.33. The van der Waals surface area contributed by atoms with Crippen LogP contribution in [0, 0.1) is 0 Å². The van der Waals surface area contributed by atoms with Gasteiger partial charge in [0.25, 0.3) is 0 Å². The third kappa shape index (κ3) is 33.3. The SMILES string of the molecule is CCCCCCCCC=CCCCCCCCC(=O)OCC(CN)OC(=O)CCCCCCC/C=C\CCCCCCCC. The molecule has 0 aromatic carbocycles. The number of ether oxygens (including phenoxy) is 2. The van der Waals surface area contributed by atoms with Crippen LogP contribution in [0.1, 0.15) is 194 Å². The molecule has 0 fully saturated rings. The minimum atomic E-state index is -0.552. The average molecular weight is 620 g/mol. The number of allylic oxidation sites excluding steroid dienone is 4. The van der Waals surface area contributed by atoms with E-state index in [1.807, 2.05) is 0 Å². The van der Waals surface area contributed by atoms with E-state index in [9.17, 15) is 9.59 Å². The van der Waals surface area contributed by atoms with Gasteiger partial charge >= 0.3 is 11.9 Å². The molecule has 258 valence electrons. The second-order valence-electron chi connectivity index (χ2n) is 12.7. The standard InChI is InChI=1S/C39H73NO4/c1-3-5-7-9-11-13-15-17-19-21-23-25-27-29-31-33-38(41)43-36-37(35-40)44-39(42)34-32-30-28-26-24-22-20-18-16-14-12-10-8-6-4-2/h17-20,37H,3-16,21-36,40H2,1-2H3/b19-17?,20-18-. The van der Waals surface area contributed by atoms with Crippen LogP contribution in [0.25, 0.3) is 0 Å². The molecule has 0 bridgehead atoms. The number of hydrogen-bond donors (Lipinski definition) is 1. The van der Waals surface area contributed by atoms with E-state index in [1.54, 1.807) is 0 Å². The van der Waals surface area contributed by atoms with Crippen LogP contribution in [-0.2, 0) is 19.1 Å². The van der Waals surface area contributed by atoms with E-state index in [4.69, 9.17) is 15.2 Å². The van der Waals surface area contributed by atoms with E-state index in [1.165, 1.54) is 116 Å². The first-order valence-corrected chi connectivity index (χ1v) is 19.0. The number of nitrogens with two attached hydrogens (primary N) is 1. The average Bonchev–Trinajstić information content (AvgIpc) is 3.02. The molecule has 44 heavy (non-hydrogen) atoms. The Bertz CT molecular complexity index is 675. The third-order valence-electron chi connectivity index (χ3n) is 8.28. The van der Waals surface area contributed by atoms with Crippen molar-refractivity contribution in [2.45, 2.75) is 200 Å². The Balaban J connectivity index is 3.58. The molecular formula is C39H73NO4. The van der Waals surface area contributed by atoms with E-state index < -0.39 is 6.10 Å². The first-order chi connectivity index (χ1) is 21.6. The van der Waals surface area contributed by atoms with Crippen molar-refractivity contribution in [1.29, 1.82) is 0 Å². The third-order valence-corrected chi connectivity index (χ3v) is 8.28. The van der Waals surface area contributed by atoms with Gasteiger partial charge in [0.15, 0.2) is 0 Å². The highest BCUT2D eigenvalue weighted by Gasteiger charge is 2.15. The van der Waals surface area contributed by atoms with Crippen molar-refractivity contribution in [3.63, 3.8) is 0 Å². The smallest absolute Gasteiger partial charge is 0.306 e. The van der Waals surface area contributed by atoms with Gasteiger partial charge in [0, 0.05) is 19.4 Å². The van der Waals surface area contributed by atoms with E-state index in [0.717, 1.165) is 51.4 Å². The Hall–Kier alpha value is -1.62. The summed E-state index contributed by atoms with van der Waals surface area (Å²) in [6, 6.07) is 0. The normalized spacial score (nSPS) is 12.3. The maximum atomic E-state index is 12.2. The van der Waals surface area contributed by atoms with Crippen molar-refractivity contribution >= 4 is 11.9 Å². The van der Waals surface area contributed by atoms with Gasteiger partial charge in [-0.1, -0.05) is 141 Å². The highest BCUT2D eigenvalue weighted by molar-refractivity contribution is 5.70. The maximum Gasteiger partial charge on any atom is 0.306 e. The fourth-order valence-corrected chi connectivity index (χ4v) is 5.33. The van der Waals surface area contributed by atoms with Gasteiger partial charge in [0.1, 0.15) is 12.7 Å². The molecular weight excluding hydrogens is 546 g/mol. The predicted molar refractivity (Wildman–Crippen MR) is 189 cm³/mol. The monoisotopic (exact) mass is 620 g/mol. The Morgan fingerprint density at radius 3 is 1.23 bits per heavy atom. The molecule has 0 saturated carbocycles. The van der Waals surface area contributed by atoms with E-state index in [2.05, 4.69) is 38.2 Å². The summed E-state index contributed by atoms with van der Waals surface area (Å²) in [5, 5.41) is 0. The molecule has 0 aliphatic rings. The molecule has 5 nitrogen and oxygen atoms in total. The number of carbonyl (C=O) groups is 2. The van der Waals surface area contributed by atoms with E-state index >= 15 is 0 Å². The summed E-state index contributed by atoms with van der Waals surface area (Å²) in [5.41, 5.74) is 5.75. The first-order valence-electron chi connectivity index (χ1n) is 19.0. The molecule has 0 aromatic rings. The summed E-state index contributed by atoms with van der Waals surface area (Å²) < 4.78 is 10.8. The lowest BCUT2D eigenvalue weighted by Crippen LogP contribution is -2.32. The Labute approximate surface area is 273 Å². The van der Waals surface area contributed by atoms with Crippen LogP contribution < -0.4 is 5.73 Å². The second-order valence-corrected chi connectivity index (χ2v) is 12.7. The van der Waals surface area contributed by atoms with Crippen molar-refractivity contribution in [2.75, 3.05) is 13.2 Å². The molecule has 0 aliphatic heterocycles. The van der Waals surface area contributed by atoms with Gasteiger partial charge in [-0.2, -0.15) is 0 Å². The van der Waals surface area contributed by atoms with E-state index in [0.29, 0.717) is 12.8 Å². The lowest BCUT2D eigenvalue weighted by atomic mass is 10.1. The zero-order valence-corrected chi connectivity index (χ0v) is 29.3. The molecule has 1 unspecified atom stereocenters. The molecule has 0 heterocycles. The molecule has 2 N–H and O–H groups in total. The van der Waals surface area contributed by atoms with Crippen LogP contribution in [0.5, 0.6) is 0 Å². The number of carbonyl (C=O) groups excluding carboxylic acids is 2. The van der Waals surface area contributed by atoms with Gasteiger partial charge in [0.2, 0.25) is 0 Å². The summed E-state index contributed by atoms with van der Waals surface area (Å²) in [6.45, 7) is 4.74. The van der Waals surface area contributed by atoms with Gasteiger partial charge in [-0.15, -0.1) is 0 Å². The fraction of sp³-hybridized carbons (Fsp3) is 0.846. The van der Waals surface area contributed by atoms with Crippen molar-refractivity contribution in [3.05, 3.63) is 24.3 Å². The van der Waals surface area contributed by atoms with Crippen molar-refractivity contribution < 1.29 is 19.1 Å². The highest BCUT2D eigenvalue weighted by Crippen LogP contribution is 2.12. The van der Waals surface area contributed by atoms with Crippen LogP contribution in [0.15, 0.2) is 24.3 Å². The summed E-state index contributed by atoms with van der Waals surface area (Å²) >= 11 is 0. The van der Waals surface area contributed by atoms with Crippen molar-refractivity contribution in [2.24, 2.45) is 5.73 Å². The quantitative estimate of drug-likeness (QED) is 0.0440. The zero-order chi connectivity index (χ0) is 32.2. The highest BCUT2D eigenvalue weighted by atomic mass is 16.6. The zero-order valence-electron chi connectivity index (χ0n) is 29.3. The topological polar surface area (TPSA) is 78.6 Å². The Kier molecular flexibility index (Phi) is 34.5. The summed E-state index contributed by atoms with van der Waals surface area (Å²) in [5.74, 6) is -0.472. The first kappa shape index (κ1) is 42.4. The molecule has 0 aromatic heterocycles. The van der Waals surface area contributed by atoms with Crippen LogP contribution >= 0.6 is 0 Å². The van der Waals surface area contributed by atoms with Gasteiger partial charge in [-0.05, 0) is 64.2 Å². The molecule has 0 aliphatic carbocycles. The largest absolute Gasteiger partial charge is 0.462 e. The number of esters is 2. The predicted octanol–water partition coefficient (Wildman–Crippen LogP) is 11.5. The Morgan fingerprint density at radius 2 is 0.841 bits per heavy atom. The summed E-state index contributed by atoms with van der Waals surface area (Å²) in [7, 11) is 0. The van der Waals surface area contributed by atoms with Crippen LogP contribution in [0.3, 0.4) is 0 Å². The van der Waals surface area contributed by atoms with Gasteiger partial charge in [0.05, 0.1) is 0 Å². The maximum absolute atomic E-state index is 12.2. The lowest BCUT2D eigenvalue weighted by molar-refractivity contribution is -0.158. The van der Waals surface area contributed by atoms with E-state index in [-0.39, 0.29) is 25.1 Å². The van der Waals surface area contributed by atoms with Gasteiger partial charge in [-0.25, -0.2) is 0 Å². The number of unbranched alkanes of at least 4 members (excludes halogenated alkanes) is 22. The summed E-state index contributed by atoms with van der Waals surface area (Å²) in [4.78, 5) is 24.3. The molecule has 0 spiro atoms. The van der Waals surface area contributed by atoms with Crippen LogP contribution in [0.2, 0.25) is 0 Å². The minimum Gasteiger partial charge on any atom is -0.462 e. The summed E-state index contributed by atoms with van der Waals surface area (Å²) in [6.07, 6.45) is 41.6. The molecule has 5 heteroatoms. The Morgan fingerprint density at radius 1 is 0.500 bits per heavy atom. The van der Waals surface area contributed by atoms with Crippen LogP contribution in [0.4, 0.5) is 0 Å². The second kappa shape index (κ2) is 35.9. The number of rotatable bonds is 34. The molecule has 0 rings (SSSR count). The van der Waals surface area contributed by atoms with Crippen molar-refractivity contribution in [3.8, 4) is 0 Å². The minimum absolute atomic E-state index is 0.0541.